The highest BCUT2D eigenvalue weighted by atomic mass is 16.7. The zero-order valence-electron chi connectivity index (χ0n) is 20.9. The zero-order valence-corrected chi connectivity index (χ0v) is 20.9. The van der Waals surface area contributed by atoms with Gasteiger partial charge in [-0.15, -0.1) is 0 Å². The molecule has 1 aliphatic rings. The van der Waals surface area contributed by atoms with E-state index >= 15 is 0 Å². The van der Waals surface area contributed by atoms with Crippen LogP contribution in [0.1, 0.15) is 31.1 Å². The summed E-state index contributed by atoms with van der Waals surface area (Å²) in [5.74, 6) is -1.86. The van der Waals surface area contributed by atoms with Crippen LogP contribution in [0.4, 0.5) is 0 Å². The smallest absolute Gasteiger partial charge is 0.338 e. The molecule has 4 rings (SSSR count). The van der Waals surface area contributed by atoms with E-state index < -0.39 is 48.6 Å². The van der Waals surface area contributed by atoms with Crippen LogP contribution < -0.4 is 0 Å². The summed E-state index contributed by atoms with van der Waals surface area (Å²) in [7, 11) is 2.77. The maximum Gasteiger partial charge on any atom is 0.338 e. The van der Waals surface area contributed by atoms with E-state index in [-0.39, 0.29) is 6.61 Å². The lowest BCUT2D eigenvalue weighted by atomic mass is 9.98. The SMILES string of the molecule is CO[C@@H]1O[C@H](COC(=O)c2ccccc2)[C@H](OC(=O)c2ccccc2)[C@H](OC)[C@H]1OC(=O)c1ccccc1. The molecule has 198 valence electrons. The van der Waals surface area contributed by atoms with E-state index in [4.69, 9.17) is 28.4 Å². The van der Waals surface area contributed by atoms with Gasteiger partial charge in [0.15, 0.2) is 18.5 Å². The van der Waals surface area contributed by atoms with Crippen LogP contribution in [0.3, 0.4) is 0 Å². The molecule has 9 heteroatoms. The van der Waals surface area contributed by atoms with Crippen molar-refractivity contribution < 1.29 is 42.8 Å². The third-order valence-electron chi connectivity index (χ3n) is 5.99. The monoisotopic (exact) mass is 520 g/mol. The van der Waals surface area contributed by atoms with Gasteiger partial charge in [-0.05, 0) is 36.4 Å². The second-order valence-corrected chi connectivity index (χ2v) is 8.42. The van der Waals surface area contributed by atoms with Crippen molar-refractivity contribution in [1.29, 1.82) is 0 Å². The normalized spacial score (nSPS) is 22.7. The number of hydrogen-bond donors (Lipinski definition) is 0. The fourth-order valence-corrected chi connectivity index (χ4v) is 4.09. The Labute approximate surface area is 220 Å². The molecule has 0 bridgehead atoms. The van der Waals surface area contributed by atoms with E-state index in [0.29, 0.717) is 16.7 Å². The average molecular weight is 521 g/mol. The fourth-order valence-electron chi connectivity index (χ4n) is 4.09. The molecule has 5 atom stereocenters. The van der Waals surface area contributed by atoms with Crippen molar-refractivity contribution >= 4 is 17.9 Å². The second-order valence-electron chi connectivity index (χ2n) is 8.42. The first-order valence-electron chi connectivity index (χ1n) is 12.0. The van der Waals surface area contributed by atoms with Crippen LogP contribution in [0, 0.1) is 0 Å². The summed E-state index contributed by atoms with van der Waals surface area (Å²) in [6, 6.07) is 25.2. The van der Waals surface area contributed by atoms with Crippen LogP contribution in [0.15, 0.2) is 91.0 Å². The minimum atomic E-state index is -1.11. The Bertz CT molecular complexity index is 1200. The first-order valence-corrected chi connectivity index (χ1v) is 12.0. The van der Waals surface area contributed by atoms with Crippen molar-refractivity contribution in [3.8, 4) is 0 Å². The number of ether oxygens (including phenoxy) is 6. The summed E-state index contributed by atoms with van der Waals surface area (Å²) in [5.41, 5.74) is 0.963. The highest BCUT2D eigenvalue weighted by Crippen LogP contribution is 2.30. The minimum Gasteiger partial charge on any atom is -0.459 e. The van der Waals surface area contributed by atoms with E-state index in [1.807, 2.05) is 0 Å². The molecule has 0 aromatic heterocycles. The van der Waals surface area contributed by atoms with E-state index in [9.17, 15) is 14.4 Å². The van der Waals surface area contributed by atoms with Crippen molar-refractivity contribution in [1.82, 2.24) is 0 Å². The molecule has 0 radical (unpaired) electrons. The molecule has 9 nitrogen and oxygen atoms in total. The van der Waals surface area contributed by atoms with Gasteiger partial charge in [0.1, 0.15) is 18.8 Å². The predicted molar refractivity (Wildman–Crippen MR) is 134 cm³/mol. The molecule has 0 amide bonds. The molecule has 1 saturated heterocycles. The van der Waals surface area contributed by atoms with Crippen molar-refractivity contribution in [3.05, 3.63) is 108 Å². The molecule has 1 heterocycles. The van der Waals surface area contributed by atoms with Gasteiger partial charge in [0.25, 0.3) is 0 Å². The fraction of sp³-hybridized carbons (Fsp3) is 0.276. The Hall–Kier alpha value is -4.05. The van der Waals surface area contributed by atoms with Gasteiger partial charge in [-0.2, -0.15) is 0 Å². The largest absolute Gasteiger partial charge is 0.459 e. The number of carbonyl (C=O) groups excluding carboxylic acids is 3. The van der Waals surface area contributed by atoms with Gasteiger partial charge in [0.05, 0.1) is 16.7 Å². The maximum absolute atomic E-state index is 13.0. The molecule has 1 fully saturated rings. The Morgan fingerprint density at radius 3 is 1.50 bits per heavy atom. The molecule has 0 N–H and O–H groups in total. The van der Waals surface area contributed by atoms with Crippen molar-refractivity contribution in [2.24, 2.45) is 0 Å². The minimum absolute atomic E-state index is 0.278. The topological polar surface area (TPSA) is 107 Å². The quantitative estimate of drug-likeness (QED) is 0.308. The lowest BCUT2D eigenvalue weighted by molar-refractivity contribution is -0.296. The first-order chi connectivity index (χ1) is 18.5. The van der Waals surface area contributed by atoms with Crippen LogP contribution in [-0.4, -0.2) is 69.4 Å². The molecule has 38 heavy (non-hydrogen) atoms. The second kappa shape index (κ2) is 13.0. The lowest BCUT2D eigenvalue weighted by Crippen LogP contribution is -2.62. The summed E-state index contributed by atoms with van der Waals surface area (Å²) >= 11 is 0. The molecule has 0 aliphatic carbocycles. The maximum atomic E-state index is 13.0. The summed E-state index contributed by atoms with van der Waals surface area (Å²) in [4.78, 5) is 38.5. The molecule has 3 aromatic rings. The molecule has 1 aliphatic heterocycles. The van der Waals surface area contributed by atoms with Crippen LogP contribution in [-0.2, 0) is 28.4 Å². The Kier molecular flexibility index (Phi) is 9.21. The first kappa shape index (κ1) is 27.0. The standard InChI is InChI=1S/C29H28O9/c1-33-24-23(37-27(31)20-14-8-4-9-15-20)22(18-35-26(30)19-12-6-3-7-13-19)36-29(34-2)25(24)38-28(32)21-16-10-5-11-17-21/h3-17,22-25,29H,18H2,1-2H3/t22-,23+,24+,25-,29-/m1/s1. The van der Waals surface area contributed by atoms with E-state index in [2.05, 4.69) is 0 Å². The van der Waals surface area contributed by atoms with E-state index in [0.717, 1.165) is 0 Å². The van der Waals surface area contributed by atoms with Gasteiger partial charge < -0.3 is 28.4 Å². The van der Waals surface area contributed by atoms with E-state index in [1.165, 1.54) is 14.2 Å². The molecule has 0 spiro atoms. The van der Waals surface area contributed by atoms with Crippen molar-refractivity contribution in [3.63, 3.8) is 0 Å². The van der Waals surface area contributed by atoms with Crippen LogP contribution in [0.2, 0.25) is 0 Å². The summed E-state index contributed by atoms with van der Waals surface area (Å²) in [6.07, 6.45) is -5.31. The van der Waals surface area contributed by atoms with Crippen LogP contribution in [0.25, 0.3) is 0 Å². The number of esters is 3. The predicted octanol–water partition coefficient (Wildman–Crippen LogP) is 3.68. The van der Waals surface area contributed by atoms with Gasteiger partial charge in [-0.3, -0.25) is 0 Å². The van der Waals surface area contributed by atoms with Crippen LogP contribution in [0.5, 0.6) is 0 Å². The summed E-state index contributed by atoms with van der Waals surface area (Å²) < 4.78 is 34.2. The van der Waals surface area contributed by atoms with Crippen molar-refractivity contribution in [2.45, 2.75) is 30.7 Å². The van der Waals surface area contributed by atoms with Gasteiger partial charge in [0, 0.05) is 14.2 Å². The molecule has 0 unspecified atom stereocenters. The summed E-state index contributed by atoms with van der Waals surface area (Å²) in [5, 5.41) is 0. The number of carbonyl (C=O) groups is 3. The Morgan fingerprint density at radius 2 is 1.05 bits per heavy atom. The zero-order chi connectivity index (χ0) is 26.9. The van der Waals surface area contributed by atoms with Crippen molar-refractivity contribution in [2.75, 3.05) is 20.8 Å². The number of benzene rings is 3. The number of hydrogen-bond acceptors (Lipinski definition) is 9. The summed E-state index contributed by atoms with van der Waals surface area (Å²) in [6.45, 7) is -0.278. The van der Waals surface area contributed by atoms with E-state index in [1.54, 1.807) is 91.0 Å². The highest BCUT2D eigenvalue weighted by Gasteiger charge is 2.51. The lowest BCUT2D eigenvalue weighted by Gasteiger charge is -2.43. The Morgan fingerprint density at radius 1 is 0.605 bits per heavy atom. The molecular formula is C29H28O9. The third kappa shape index (κ3) is 6.44. The number of rotatable bonds is 9. The molecule has 3 aromatic carbocycles. The van der Waals surface area contributed by atoms with Gasteiger partial charge in [-0.1, -0.05) is 54.6 Å². The highest BCUT2D eigenvalue weighted by molar-refractivity contribution is 5.90. The molecular weight excluding hydrogens is 492 g/mol. The molecule has 0 saturated carbocycles. The number of methoxy groups -OCH3 is 2. The van der Waals surface area contributed by atoms with Gasteiger partial charge in [-0.25, -0.2) is 14.4 Å². The van der Waals surface area contributed by atoms with Crippen LogP contribution >= 0.6 is 0 Å². The third-order valence-corrected chi connectivity index (χ3v) is 5.99. The van der Waals surface area contributed by atoms with Gasteiger partial charge in [0.2, 0.25) is 0 Å². The van der Waals surface area contributed by atoms with Gasteiger partial charge >= 0.3 is 17.9 Å². The average Bonchev–Trinajstić information content (AvgIpc) is 2.97. The Balaban J connectivity index is 1.58.